The van der Waals surface area contributed by atoms with E-state index in [1.165, 1.54) is 24.3 Å². The molecule has 4 rings (SSSR count). The van der Waals surface area contributed by atoms with Crippen molar-refractivity contribution in [3.05, 3.63) is 72.5 Å². The summed E-state index contributed by atoms with van der Waals surface area (Å²) in [6, 6.07) is 9.01. The molecule has 0 bridgehead atoms. The van der Waals surface area contributed by atoms with Crippen LogP contribution in [0.4, 0.5) is 13.2 Å². The van der Waals surface area contributed by atoms with Crippen molar-refractivity contribution in [3.63, 3.8) is 0 Å². The van der Waals surface area contributed by atoms with Gasteiger partial charge in [-0.1, -0.05) is 12.1 Å². The molecule has 0 fully saturated rings. The minimum absolute atomic E-state index is 0.305. The first-order chi connectivity index (χ1) is 14.2. The monoisotopic (exact) mass is 418 g/mol. The molecule has 0 saturated carbocycles. The molecule has 3 aromatic rings. The van der Waals surface area contributed by atoms with E-state index in [9.17, 15) is 13.2 Å². The van der Waals surface area contributed by atoms with Gasteiger partial charge in [-0.2, -0.15) is 5.10 Å². The highest BCUT2D eigenvalue weighted by molar-refractivity contribution is 5.57. The highest BCUT2D eigenvalue weighted by Gasteiger charge is 2.34. The number of hydroxylamine groups is 1. The van der Waals surface area contributed by atoms with Crippen molar-refractivity contribution in [1.82, 2.24) is 20.2 Å². The van der Waals surface area contributed by atoms with Crippen LogP contribution >= 0.6 is 0 Å². The molecule has 1 atom stereocenters. The van der Waals surface area contributed by atoms with Gasteiger partial charge in [0, 0.05) is 24.9 Å². The third-order valence-electron chi connectivity index (χ3n) is 4.40. The van der Waals surface area contributed by atoms with Gasteiger partial charge in [-0.25, -0.2) is 5.48 Å². The van der Waals surface area contributed by atoms with E-state index in [1.807, 2.05) is 13.2 Å². The summed E-state index contributed by atoms with van der Waals surface area (Å²) in [7, 11) is 1.83. The maximum Gasteiger partial charge on any atom is 0.573 e. The minimum Gasteiger partial charge on any atom is -0.438 e. The molecule has 0 aliphatic carbocycles. The molecular formula is C20H17F3N4O3. The van der Waals surface area contributed by atoms with Crippen molar-refractivity contribution in [3.8, 4) is 22.8 Å². The van der Waals surface area contributed by atoms with Gasteiger partial charge in [0.05, 0.1) is 18.1 Å². The number of aryl methyl sites for hydroxylation is 1. The number of alkyl halides is 3. The Morgan fingerprint density at radius 2 is 1.80 bits per heavy atom. The van der Waals surface area contributed by atoms with E-state index in [0.717, 1.165) is 11.3 Å². The van der Waals surface area contributed by atoms with Gasteiger partial charge in [0.15, 0.2) is 0 Å². The SMILES string of the molecule is Cn1cc(-c2ccc(OC3=C[C@](C)(c4ccc(OC(F)(F)F)cc4)ON3)cn2)cn1. The zero-order chi connectivity index (χ0) is 21.4. The molecule has 0 amide bonds. The highest BCUT2D eigenvalue weighted by atomic mass is 19.4. The van der Waals surface area contributed by atoms with Gasteiger partial charge in [0.1, 0.15) is 17.1 Å². The number of hydrogen-bond donors (Lipinski definition) is 1. The third kappa shape index (κ3) is 4.38. The lowest BCUT2D eigenvalue weighted by atomic mass is 9.96. The average Bonchev–Trinajstić information content (AvgIpc) is 3.28. The van der Waals surface area contributed by atoms with Crippen molar-refractivity contribution in [2.75, 3.05) is 0 Å². The molecule has 1 aliphatic heterocycles. The molecule has 0 radical (unpaired) electrons. The zero-order valence-electron chi connectivity index (χ0n) is 16.0. The van der Waals surface area contributed by atoms with Crippen molar-refractivity contribution < 1.29 is 27.5 Å². The number of benzene rings is 1. The predicted molar refractivity (Wildman–Crippen MR) is 99.8 cm³/mol. The Morgan fingerprint density at radius 3 is 2.40 bits per heavy atom. The summed E-state index contributed by atoms with van der Waals surface area (Å²) in [5.41, 5.74) is 4.01. The summed E-state index contributed by atoms with van der Waals surface area (Å²) in [6.45, 7) is 1.75. The molecular weight excluding hydrogens is 401 g/mol. The normalized spacial score (nSPS) is 18.6. The van der Waals surface area contributed by atoms with Crippen LogP contribution in [0, 0.1) is 0 Å². The fourth-order valence-corrected chi connectivity index (χ4v) is 2.94. The standard InChI is InChI=1S/C20H17F3N4O3/c1-19(14-3-5-15(6-4-14)29-20(21,22)23)9-18(26-30-19)28-16-7-8-17(24-11-16)13-10-25-27(2)12-13/h3-12,26H,1-2H3/t19-/m1/s1. The van der Waals surface area contributed by atoms with Crippen LogP contribution in [0.5, 0.6) is 11.5 Å². The van der Waals surface area contributed by atoms with Crippen LogP contribution in [-0.4, -0.2) is 21.1 Å². The topological polar surface area (TPSA) is 70.4 Å². The van der Waals surface area contributed by atoms with Gasteiger partial charge in [-0.3, -0.25) is 14.5 Å². The zero-order valence-corrected chi connectivity index (χ0v) is 16.0. The van der Waals surface area contributed by atoms with Gasteiger partial charge >= 0.3 is 6.36 Å². The molecule has 2 aromatic heterocycles. The second kappa shape index (κ2) is 7.38. The molecule has 156 valence electrons. The Balaban J connectivity index is 1.45. The summed E-state index contributed by atoms with van der Waals surface area (Å²) < 4.78 is 48.2. The Morgan fingerprint density at radius 1 is 1.07 bits per heavy atom. The minimum atomic E-state index is -4.74. The molecule has 1 N–H and O–H groups in total. The first-order valence-corrected chi connectivity index (χ1v) is 8.86. The van der Waals surface area contributed by atoms with E-state index in [-0.39, 0.29) is 5.75 Å². The number of hydrogen-bond acceptors (Lipinski definition) is 6. The number of halogens is 3. The van der Waals surface area contributed by atoms with Crippen LogP contribution in [0.15, 0.2) is 66.9 Å². The van der Waals surface area contributed by atoms with E-state index in [1.54, 1.807) is 42.2 Å². The van der Waals surface area contributed by atoms with E-state index in [2.05, 4.69) is 20.3 Å². The molecule has 0 unspecified atom stereocenters. The van der Waals surface area contributed by atoms with Crippen LogP contribution in [0.25, 0.3) is 11.3 Å². The molecule has 0 saturated heterocycles. The second-order valence-corrected chi connectivity index (χ2v) is 6.78. The van der Waals surface area contributed by atoms with E-state index in [4.69, 9.17) is 9.57 Å². The van der Waals surface area contributed by atoms with Crippen LogP contribution in [-0.2, 0) is 17.5 Å². The maximum absolute atomic E-state index is 12.3. The number of aromatic nitrogens is 3. The van der Waals surface area contributed by atoms with Crippen LogP contribution in [0.1, 0.15) is 12.5 Å². The molecule has 10 heteroatoms. The summed E-state index contributed by atoms with van der Waals surface area (Å²) in [5.74, 6) is 0.522. The first-order valence-electron chi connectivity index (χ1n) is 8.86. The number of nitrogens with one attached hydrogen (secondary N) is 1. The lowest BCUT2D eigenvalue weighted by Crippen LogP contribution is -2.23. The van der Waals surface area contributed by atoms with E-state index < -0.39 is 12.0 Å². The lowest BCUT2D eigenvalue weighted by molar-refractivity contribution is -0.274. The summed E-state index contributed by atoms with van der Waals surface area (Å²) in [4.78, 5) is 9.94. The summed E-state index contributed by atoms with van der Waals surface area (Å²) in [5, 5.41) is 4.11. The smallest absolute Gasteiger partial charge is 0.438 e. The van der Waals surface area contributed by atoms with Gasteiger partial charge in [-0.15, -0.1) is 13.2 Å². The van der Waals surface area contributed by atoms with Gasteiger partial charge in [-0.05, 0) is 36.8 Å². The Bertz CT molecular complexity index is 1060. The van der Waals surface area contributed by atoms with Gasteiger partial charge < -0.3 is 9.47 Å². The fraction of sp³-hybridized carbons (Fsp3) is 0.200. The number of nitrogens with zero attached hydrogens (tertiary/aromatic N) is 3. The molecule has 1 aromatic carbocycles. The number of pyridine rings is 1. The number of ether oxygens (including phenoxy) is 2. The second-order valence-electron chi connectivity index (χ2n) is 6.78. The molecule has 3 heterocycles. The van der Waals surface area contributed by atoms with Crippen LogP contribution < -0.4 is 15.0 Å². The maximum atomic E-state index is 12.3. The Hall–Kier alpha value is -3.53. The molecule has 1 aliphatic rings. The summed E-state index contributed by atoms with van der Waals surface area (Å²) in [6.07, 6.45) is 2.09. The molecule has 0 spiro atoms. The van der Waals surface area contributed by atoms with Crippen molar-refractivity contribution in [1.29, 1.82) is 0 Å². The van der Waals surface area contributed by atoms with Crippen molar-refractivity contribution >= 4 is 0 Å². The molecule has 7 nitrogen and oxygen atoms in total. The average molecular weight is 418 g/mol. The quantitative estimate of drug-likeness (QED) is 0.674. The summed E-state index contributed by atoms with van der Waals surface area (Å²) >= 11 is 0. The largest absolute Gasteiger partial charge is 0.573 e. The third-order valence-corrected chi connectivity index (χ3v) is 4.40. The van der Waals surface area contributed by atoms with E-state index >= 15 is 0 Å². The van der Waals surface area contributed by atoms with Gasteiger partial charge in [0.25, 0.3) is 0 Å². The first kappa shape index (κ1) is 19.8. The fourth-order valence-electron chi connectivity index (χ4n) is 2.94. The van der Waals surface area contributed by atoms with Crippen molar-refractivity contribution in [2.45, 2.75) is 18.9 Å². The highest BCUT2D eigenvalue weighted by Crippen LogP contribution is 2.34. The Kier molecular flexibility index (Phi) is 4.86. The van der Waals surface area contributed by atoms with Crippen molar-refractivity contribution in [2.24, 2.45) is 7.05 Å². The Labute approximate surface area is 169 Å². The number of rotatable bonds is 5. The predicted octanol–water partition coefficient (Wildman–Crippen LogP) is 4.05. The van der Waals surface area contributed by atoms with Crippen LogP contribution in [0.3, 0.4) is 0 Å². The van der Waals surface area contributed by atoms with Gasteiger partial charge in [0.2, 0.25) is 5.88 Å². The van der Waals surface area contributed by atoms with Crippen LogP contribution in [0.2, 0.25) is 0 Å². The van der Waals surface area contributed by atoms with E-state index in [0.29, 0.717) is 17.2 Å². The lowest BCUT2D eigenvalue weighted by Gasteiger charge is -2.20. The molecule has 30 heavy (non-hydrogen) atoms.